The van der Waals surface area contributed by atoms with Crippen molar-refractivity contribution in [1.29, 1.82) is 0 Å². The van der Waals surface area contributed by atoms with Crippen molar-refractivity contribution in [2.45, 2.75) is 26.4 Å². The number of hydrogen-bond acceptors (Lipinski definition) is 10. The third-order valence-electron chi connectivity index (χ3n) is 12.2. The Morgan fingerprint density at radius 3 is 1.41 bits per heavy atom. The summed E-state index contributed by atoms with van der Waals surface area (Å²) in [5, 5.41) is 1.80. The van der Waals surface area contributed by atoms with Gasteiger partial charge in [-0.15, -0.1) is 0 Å². The summed E-state index contributed by atoms with van der Waals surface area (Å²) in [6.07, 6.45) is 4.24. The van der Waals surface area contributed by atoms with Crippen LogP contribution in [0, 0.1) is 0 Å². The van der Waals surface area contributed by atoms with Gasteiger partial charge in [0.15, 0.2) is 0 Å². The van der Waals surface area contributed by atoms with Crippen LogP contribution in [-0.4, -0.2) is 70.7 Å². The Morgan fingerprint density at radius 1 is 0.464 bits per heavy atom. The van der Waals surface area contributed by atoms with E-state index in [1.54, 1.807) is 28.4 Å². The van der Waals surface area contributed by atoms with Crippen molar-refractivity contribution >= 4 is 48.4 Å². The van der Waals surface area contributed by atoms with Gasteiger partial charge in [-0.1, -0.05) is 97.1 Å². The van der Waals surface area contributed by atoms with Gasteiger partial charge in [-0.2, -0.15) is 0 Å². The lowest BCUT2D eigenvalue weighted by Crippen LogP contribution is -2.20. The van der Waals surface area contributed by atoms with Crippen molar-refractivity contribution in [2.75, 3.05) is 55.6 Å². The minimum atomic E-state index is 0.212. The Bertz CT molecular complexity index is 3310. The first-order valence-corrected chi connectivity index (χ1v) is 23.3. The highest BCUT2D eigenvalue weighted by Gasteiger charge is 2.31. The number of benzene rings is 4. The second-order valence-corrected chi connectivity index (χ2v) is 17.5. The zero-order valence-electron chi connectivity index (χ0n) is 38.8. The third-order valence-corrected chi connectivity index (χ3v) is 13.0. The lowest BCUT2D eigenvalue weighted by molar-refractivity contribution is -0.0391. The van der Waals surface area contributed by atoms with Crippen molar-refractivity contribution < 1.29 is 37.9 Å². The topological polar surface area (TPSA) is 119 Å². The van der Waals surface area contributed by atoms with Crippen LogP contribution < -0.4 is 16.2 Å². The van der Waals surface area contributed by atoms with Gasteiger partial charge in [0.2, 0.25) is 0 Å². The Kier molecular flexibility index (Phi) is 14.2. The first-order valence-electron chi connectivity index (χ1n) is 22.5. The molecule has 4 aromatic carbocycles. The number of nitrogens with one attached hydrogen (secondary N) is 1. The summed E-state index contributed by atoms with van der Waals surface area (Å²) in [5.41, 5.74) is 18.3. The van der Waals surface area contributed by atoms with Crippen molar-refractivity contribution in [3.05, 3.63) is 211 Å². The van der Waals surface area contributed by atoms with Crippen molar-refractivity contribution in [2.24, 2.45) is 9.98 Å². The maximum Gasteiger partial charge on any atom is 0.147 e. The van der Waals surface area contributed by atoms with Crippen LogP contribution >= 0.6 is 15.9 Å². The van der Waals surface area contributed by atoms with Gasteiger partial charge in [-0.25, -0.2) is 9.98 Å². The van der Waals surface area contributed by atoms with Crippen LogP contribution in [0.5, 0.6) is 0 Å². The lowest BCUT2D eigenvalue weighted by atomic mass is 9.98. The molecule has 6 bridgehead atoms. The monoisotopic (exact) mass is 986 g/mol. The number of methoxy groups -OCH3 is 4. The van der Waals surface area contributed by atoms with E-state index in [1.165, 1.54) is 0 Å². The number of fused-ring (bicyclic) bond motifs is 4. The van der Waals surface area contributed by atoms with Gasteiger partial charge in [-0.05, 0) is 96.9 Å². The number of allylic oxidation sites excluding steroid dienone is 3. The summed E-state index contributed by atoms with van der Waals surface area (Å²) in [6, 6.07) is 42.6. The molecule has 3 aliphatic heterocycles. The van der Waals surface area contributed by atoms with Gasteiger partial charge < -0.3 is 42.9 Å². The van der Waals surface area contributed by atoms with Gasteiger partial charge >= 0.3 is 0 Å². The summed E-state index contributed by atoms with van der Waals surface area (Å²) >= 11 is 4.21. The summed E-state index contributed by atoms with van der Waals surface area (Å²) in [7, 11) is 6.50. The van der Waals surface area contributed by atoms with E-state index in [0.717, 1.165) is 121 Å². The Balaban J connectivity index is 1.24. The van der Waals surface area contributed by atoms with Crippen LogP contribution in [0.3, 0.4) is 0 Å². The molecule has 6 heterocycles. The highest BCUT2D eigenvalue weighted by atomic mass is 79.9. The van der Waals surface area contributed by atoms with E-state index in [9.17, 15) is 0 Å². The van der Waals surface area contributed by atoms with E-state index in [1.807, 2.05) is 0 Å². The summed E-state index contributed by atoms with van der Waals surface area (Å²) in [5.74, 6) is 0. The molecule has 10 rings (SSSR count). The molecule has 0 saturated heterocycles. The predicted octanol–water partition coefficient (Wildman–Crippen LogP) is 8.71. The fourth-order valence-corrected chi connectivity index (χ4v) is 9.77. The molecule has 0 saturated carbocycles. The molecule has 69 heavy (non-hydrogen) atoms. The SMILES string of the molecule is COCOCc1ccc(C2=C3C=CC(=N3)C(c3ccc(COCOC)cc3)=c3ccc([nH]3)=C(c3ccc(COCOC)cc3)C3=C(Br)c4c(-c5ccc(COCOC)cc5)c5ccc2n5c4=N3)cc1. The van der Waals surface area contributed by atoms with E-state index < -0.39 is 0 Å². The fourth-order valence-electron chi connectivity index (χ4n) is 9.11. The maximum atomic E-state index is 5.73. The van der Waals surface area contributed by atoms with Crippen LogP contribution in [-0.2, 0) is 64.3 Å². The van der Waals surface area contributed by atoms with Crippen LogP contribution in [0.1, 0.15) is 50.2 Å². The average Bonchev–Trinajstić information content (AvgIpc) is 4.23. The molecule has 7 aromatic rings. The van der Waals surface area contributed by atoms with Crippen molar-refractivity contribution in [3.8, 4) is 11.1 Å². The molecular formula is C56H51BrN4O8. The first-order chi connectivity index (χ1) is 34.0. The van der Waals surface area contributed by atoms with E-state index >= 15 is 0 Å². The molecule has 3 aliphatic rings. The molecule has 350 valence electrons. The average molecular weight is 988 g/mol. The van der Waals surface area contributed by atoms with E-state index in [0.29, 0.717) is 26.4 Å². The molecule has 1 N–H and O–H groups in total. The lowest BCUT2D eigenvalue weighted by Gasteiger charge is -2.13. The zero-order chi connectivity index (χ0) is 47.3. The molecule has 0 unspecified atom stereocenters. The predicted molar refractivity (Wildman–Crippen MR) is 269 cm³/mol. The number of hydrogen-bond donors (Lipinski definition) is 1. The number of H-pyrrole nitrogens is 1. The van der Waals surface area contributed by atoms with Gasteiger partial charge in [0.05, 0.1) is 59.2 Å². The minimum Gasteiger partial charge on any atom is -0.359 e. The maximum absolute atomic E-state index is 5.73. The molecular weight excluding hydrogens is 937 g/mol. The van der Waals surface area contributed by atoms with Crippen LogP contribution in [0.4, 0.5) is 0 Å². The molecule has 0 aliphatic carbocycles. The number of rotatable bonds is 20. The van der Waals surface area contributed by atoms with Gasteiger partial charge in [-0.3, -0.25) is 4.40 Å². The fraction of sp³-hybridized carbons (Fsp3) is 0.214. The summed E-state index contributed by atoms with van der Waals surface area (Å²) < 4.78 is 46.6. The van der Waals surface area contributed by atoms with E-state index in [4.69, 9.17) is 47.9 Å². The highest BCUT2D eigenvalue weighted by molar-refractivity contribution is 9.15. The number of aliphatic imine (C=N–C) groups is 1. The van der Waals surface area contributed by atoms with Crippen LogP contribution in [0.2, 0.25) is 0 Å². The van der Waals surface area contributed by atoms with Gasteiger partial charge in [0.25, 0.3) is 0 Å². The molecule has 0 fully saturated rings. The molecule has 0 spiro atoms. The van der Waals surface area contributed by atoms with Crippen molar-refractivity contribution in [1.82, 2.24) is 9.38 Å². The summed E-state index contributed by atoms with van der Waals surface area (Å²) in [4.78, 5) is 15.1. The number of halogens is 1. The Morgan fingerprint density at radius 2 is 0.913 bits per heavy atom. The second kappa shape index (κ2) is 21.1. The second-order valence-electron chi connectivity index (χ2n) is 16.7. The molecule has 13 heteroatoms. The Hall–Kier alpha value is -6.36. The molecule has 3 aromatic heterocycles. The van der Waals surface area contributed by atoms with E-state index in [-0.39, 0.29) is 27.2 Å². The van der Waals surface area contributed by atoms with Crippen LogP contribution in [0.15, 0.2) is 155 Å². The molecule has 0 amide bonds. The van der Waals surface area contributed by atoms with Crippen molar-refractivity contribution in [3.63, 3.8) is 0 Å². The minimum absolute atomic E-state index is 0.212. The number of aromatic amines is 1. The smallest absolute Gasteiger partial charge is 0.147 e. The molecule has 12 nitrogen and oxygen atoms in total. The first kappa shape index (κ1) is 46.4. The zero-order valence-corrected chi connectivity index (χ0v) is 40.4. The standard InChI is InChI=1S/C56H51BrN4O8/c1-62-31-66-27-35-5-13-39(14-6-35)49-43-21-23-45(58-43)50(40-15-7-36(8-16-40)28-67-32-63-2)47-25-26-48-52(42-19-11-38(12-20-42)30-69-34-65-4)53-54(57)55(60-56(53)61(47)48)51(46-24-22-44(49)59-46)41-17-9-37(10-18-41)29-68-33-64-3/h5-26,59H,27-34H2,1-4H3. The molecule has 0 atom stereocenters. The van der Waals surface area contributed by atoms with E-state index in [2.05, 4.69) is 159 Å². The summed E-state index contributed by atoms with van der Waals surface area (Å²) in [6.45, 7) is 2.58. The highest BCUT2D eigenvalue weighted by Crippen LogP contribution is 2.44. The molecule has 0 radical (unpaired) electrons. The third kappa shape index (κ3) is 9.41. The number of aromatic nitrogens is 2. The van der Waals surface area contributed by atoms with Gasteiger partial charge in [0.1, 0.15) is 32.7 Å². The number of nitrogens with zero attached hydrogens (tertiary/aromatic N) is 3. The van der Waals surface area contributed by atoms with Gasteiger partial charge in [0, 0.05) is 67.0 Å². The quantitative estimate of drug-likeness (QED) is 0.0596. The Labute approximate surface area is 408 Å². The largest absolute Gasteiger partial charge is 0.359 e. The number of ether oxygens (including phenoxy) is 8. The van der Waals surface area contributed by atoms with Crippen LogP contribution in [0.25, 0.3) is 37.8 Å². The normalized spacial score (nSPS) is 14.2.